The van der Waals surface area contributed by atoms with Crippen LogP contribution in [0, 0.1) is 17.1 Å². The summed E-state index contributed by atoms with van der Waals surface area (Å²) in [4.78, 5) is 4.23. The Morgan fingerprint density at radius 3 is 2.42 bits per heavy atom. The second-order valence-electron chi connectivity index (χ2n) is 5.96. The molecule has 0 radical (unpaired) electrons. The number of anilines is 1. The van der Waals surface area contributed by atoms with Crippen LogP contribution < -0.4 is 4.90 Å². The number of rotatable bonds is 4. The van der Waals surface area contributed by atoms with E-state index < -0.39 is 11.9 Å². The van der Waals surface area contributed by atoms with E-state index in [2.05, 4.69) is 4.90 Å². The molecular formula is C19H20FN3O. The van der Waals surface area contributed by atoms with Gasteiger partial charge in [-0.15, -0.1) is 0 Å². The molecule has 1 heterocycles. The maximum Gasteiger partial charge on any atom is 0.143 e. The summed E-state index contributed by atoms with van der Waals surface area (Å²) in [5, 5.41) is 19.5. The van der Waals surface area contributed by atoms with Gasteiger partial charge in [0, 0.05) is 32.7 Å². The minimum atomic E-state index is -0.512. The van der Waals surface area contributed by atoms with E-state index >= 15 is 0 Å². The zero-order chi connectivity index (χ0) is 16.9. The first-order chi connectivity index (χ1) is 11.7. The van der Waals surface area contributed by atoms with E-state index in [1.54, 1.807) is 12.1 Å². The van der Waals surface area contributed by atoms with E-state index in [1.807, 2.05) is 41.3 Å². The van der Waals surface area contributed by atoms with Crippen LogP contribution in [0.1, 0.15) is 17.2 Å². The van der Waals surface area contributed by atoms with Gasteiger partial charge in [0.25, 0.3) is 0 Å². The van der Waals surface area contributed by atoms with Crippen molar-refractivity contribution in [3.8, 4) is 6.07 Å². The Morgan fingerprint density at radius 2 is 1.75 bits per heavy atom. The molecule has 5 heteroatoms. The number of hydrogen-bond acceptors (Lipinski definition) is 4. The molecule has 2 aromatic carbocycles. The van der Waals surface area contributed by atoms with Crippen LogP contribution >= 0.6 is 0 Å². The maximum atomic E-state index is 13.7. The molecule has 3 rings (SSSR count). The van der Waals surface area contributed by atoms with Gasteiger partial charge in [0.1, 0.15) is 17.4 Å². The number of nitriles is 1. The number of β-amino-alcohol motifs (C(OH)–C–C–N with tert-alkyl or cyclic N) is 1. The van der Waals surface area contributed by atoms with Crippen molar-refractivity contribution in [2.24, 2.45) is 0 Å². The molecule has 1 aliphatic rings. The van der Waals surface area contributed by atoms with Crippen molar-refractivity contribution in [3.63, 3.8) is 0 Å². The van der Waals surface area contributed by atoms with E-state index in [9.17, 15) is 9.50 Å². The molecule has 1 fully saturated rings. The standard InChI is InChI=1S/C19H20FN3O/c20-17-7-4-8-18(16(17)13-21)23-11-9-22(10-12-23)14-19(24)15-5-2-1-3-6-15/h1-8,19,24H,9-12,14H2/t19-/m0/s1. The van der Waals surface area contributed by atoms with Crippen molar-refractivity contribution in [1.82, 2.24) is 4.90 Å². The molecule has 1 saturated heterocycles. The summed E-state index contributed by atoms with van der Waals surface area (Å²) in [5.74, 6) is -0.475. The highest BCUT2D eigenvalue weighted by Crippen LogP contribution is 2.24. The molecule has 4 nitrogen and oxygen atoms in total. The van der Waals surface area contributed by atoms with Crippen LogP contribution in [0.2, 0.25) is 0 Å². The zero-order valence-electron chi connectivity index (χ0n) is 13.4. The molecule has 124 valence electrons. The Labute approximate surface area is 141 Å². The second-order valence-corrected chi connectivity index (χ2v) is 5.96. The fourth-order valence-corrected chi connectivity index (χ4v) is 3.08. The topological polar surface area (TPSA) is 50.5 Å². The summed E-state index contributed by atoms with van der Waals surface area (Å²) >= 11 is 0. The quantitative estimate of drug-likeness (QED) is 0.939. The van der Waals surface area contributed by atoms with Crippen molar-refractivity contribution in [1.29, 1.82) is 5.26 Å². The number of nitrogens with zero attached hydrogens (tertiary/aromatic N) is 3. The van der Waals surface area contributed by atoms with Gasteiger partial charge in [-0.3, -0.25) is 4.90 Å². The molecule has 0 aliphatic carbocycles. The van der Waals surface area contributed by atoms with Crippen LogP contribution in [-0.4, -0.2) is 42.7 Å². The van der Waals surface area contributed by atoms with Crippen LogP contribution in [0.15, 0.2) is 48.5 Å². The monoisotopic (exact) mass is 325 g/mol. The SMILES string of the molecule is N#Cc1c(F)cccc1N1CCN(C[C@H](O)c2ccccc2)CC1. The predicted molar refractivity (Wildman–Crippen MR) is 91.2 cm³/mol. The maximum absolute atomic E-state index is 13.7. The lowest BCUT2D eigenvalue weighted by molar-refractivity contribution is 0.109. The normalized spacial score (nSPS) is 16.6. The lowest BCUT2D eigenvalue weighted by Gasteiger charge is -2.37. The fourth-order valence-electron chi connectivity index (χ4n) is 3.08. The van der Waals surface area contributed by atoms with E-state index in [0.717, 1.165) is 18.7 Å². The third kappa shape index (κ3) is 3.56. The molecule has 0 unspecified atom stereocenters. The van der Waals surface area contributed by atoms with Gasteiger partial charge in [-0.1, -0.05) is 36.4 Å². The molecule has 2 aromatic rings. The van der Waals surface area contributed by atoms with Gasteiger partial charge in [-0.05, 0) is 17.7 Å². The predicted octanol–water partition coefficient (Wildman–Crippen LogP) is 2.55. The molecule has 24 heavy (non-hydrogen) atoms. The Hall–Kier alpha value is -2.42. The van der Waals surface area contributed by atoms with E-state index in [4.69, 9.17) is 5.26 Å². The van der Waals surface area contributed by atoms with Crippen LogP contribution in [0.5, 0.6) is 0 Å². The van der Waals surface area contributed by atoms with Crippen LogP contribution in [0.4, 0.5) is 10.1 Å². The van der Waals surface area contributed by atoms with Crippen molar-refractivity contribution in [2.75, 3.05) is 37.6 Å². The molecular weight excluding hydrogens is 305 g/mol. The Bertz CT molecular complexity index is 721. The van der Waals surface area contributed by atoms with Gasteiger partial charge < -0.3 is 10.0 Å². The van der Waals surface area contributed by atoms with Gasteiger partial charge >= 0.3 is 0 Å². The number of benzene rings is 2. The van der Waals surface area contributed by atoms with E-state index in [1.165, 1.54) is 6.07 Å². The van der Waals surface area contributed by atoms with Crippen molar-refractivity contribution in [3.05, 3.63) is 65.5 Å². The first kappa shape index (κ1) is 16.4. The summed E-state index contributed by atoms with van der Waals surface area (Å²) in [7, 11) is 0. The minimum absolute atomic E-state index is 0.107. The zero-order valence-corrected chi connectivity index (χ0v) is 13.4. The average molecular weight is 325 g/mol. The first-order valence-electron chi connectivity index (χ1n) is 8.08. The third-order valence-corrected chi connectivity index (χ3v) is 4.43. The van der Waals surface area contributed by atoms with Gasteiger partial charge in [-0.2, -0.15) is 5.26 Å². The summed E-state index contributed by atoms with van der Waals surface area (Å²) in [6.07, 6.45) is -0.512. The average Bonchev–Trinajstić information content (AvgIpc) is 2.63. The molecule has 1 N–H and O–H groups in total. The third-order valence-electron chi connectivity index (χ3n) is 4.43. The molecule has 0 bridgehead atoms. The Morgan fingerprint density at radius 1 is 1.04 bits per heavy atom. The highest BCUT2D eigenvalue weighted by molar-refractivity contribution is 5.60. The number of hydrogen-bond donors (Lipinski definition) is 1. The van der Waals surface area contributed by atoms with Gasteiger partial charge in [0.05, 0.1) is 11.8 Å². The lowest BCUT2D eigenvalue weighted by atomic mass is 10.1. The van der Waals surface area contributed by atoms with Gasteiger partial charge in [0.15, 0.2) is 0 Å². The van der Waals surface area contributed by atoms with Crippen LogP contribution in [0.25, 0.3) is 0 Å². The molecule has 1 atom stereocenters. The number of aliphatic hydroxyl groups is 1. The number of halogens is 1. The summed E-state index contributed by atoms with van der Waals surface area (Å²) in [6, 6.07) is 16.3. The second kappa shape index (κ2) is 7.43. The molecule has 1 aliphatic heterocycles. The van der Waals surface area contributed by atoms with Crippen molar-refractivity contribution >= 4 is 5.69 Å². The lowest BCUT2D eigenvalue weighted by Crippen LogP contribution is -2.47. The molecule has 0 saturated carbocycles. The molecule has 0 spiro atoms. The summed E-state index contributed by atoms with van der Waals surface area (Å²) in [6.45, 7) is 3.53. The highest BCUT2D eigenvalue weighted by Gasteiger charge is 2.22. The molecule has 0 aromatic heterocycles. The Kier molecular flexibility index (Phi) is 5.09. The largest absolute Gasteiger partial charge is 0.387 e. The van der Waals surface area contributed by atoms with Crippen LogP contribution in [0.3, 0.4) is 0 Å². The van der Waals surface area contributed by atoms with Crippen LogP contribution in [-0.2, 0) is 0 Å². The number of piperazine rings is 1. The van der Waals surface area contributed by atoms with Crippen molar-refractivity contribution < 1.29 is 9.50 Å². The van der Waals surface area contributed by atoms with Gasteiger partial charge in [-0.25, -0.2) is 4.39 Å². The fraction of sp³-hybridized carbons (Fsp3) is 0.316. The smallest absolute Gasteiger partial charge is 0.143 e. The van der Waals surface area contributed by atoms with E-state index in [-0.39, 0.29) is 5.56 Å². The number of aliphatic hydroxyl groups excluding tert-OH is 1. The van der Waals surface area contributed by atoms with Gasteiger partial charge in [0.2, 0.25) is 0 Å². The minimum Gasteiger partial charge on any atom is -0.387 e. The molecule has 0 amide bonds. The van der Waals surface area contributed by atoms with E-state index in [0.29, 0.717) is 25.3 Å². The highest BCUT2D eigenvalue weighted by atomic mass is 19.1. The first-order valence-corrected chi connectivity index (χ1v) is 8.08. The Balaban J connectivity index is 1.61. The summed E-state index contributed by atoms with van der Waals surface area (Å²) < 4.78 is 13.7. The summed E-state index contributed by atoms with van der Waals surface area (Å²) in [5.41, 5.74) is 1.67. The van der Waals surface area contributed by atoms with Crippen molar-refractivity contribution in [2.45, 2.75) is 6.10 Å².